The minimum atomic E-state index is -0.287. The van der Waals surface area contributed by atoms with Gasteiger partial charge in [-0.1, -0.05) is 22.9 Å². The maximum atomic E-state index is 6.23. The number of ether oxygens (including phenoxy) is 1. The van der Waals surface area contributed by atoms with Crippen LogP contribution in [0.2, 0.25) is 0 Å². The van der Waals surface area contributed by atoms with Gasteiger partial charge in [0, 0.05) is 12.6 Å². The second-order valence-electron chi connectivity index (χ2n) is 4.01. The highest BCUT2D eigenvalue weighted by Crippen LogP contribution is 2.28. The molecule has 5 heteroatoms. The van der Waals surface area contributed by atoms with Crippen LogP contribution in [0.3, 0.4) is 0 Å². The lowest BCUT2D eigenvalue weighted by Crippen LogP contribution is -2.17. The molecule has 1 heterocycles. The summed E-state index contributed by atoms with van der Waals surface area (Å²) in [7, 11) is 3.47. The summed E-state index contributed by atoms with van der Waals surface area (Å²) in [6, 6.07) is 5.66. The van der Waals surface area contributed by atoms with Crippen LogP contribution in [0, 0.1) is 6.92 Å². The number of rotatable bonds is 3. The summed E-state index contributed by atoms with van der Waals surface area (Å²) in [5.41, 5.74) is 9.17. The SMILES string of the molecule is COc1ccc(C)cc1C(N)c1cnnn1C. The van der Waals surface area contributed by atoms with Crippen molar-refractivity contribution in [3.63, 3.8) is 0 Å². The zero-order valence-electron chi connectivity index (χ0n) is 10.2. The molecule has 0 radical (unpaired) electrons. The lowest BCUT2D eigenvalue weighted by atomic mass is 10.0. The first-order valence-corrected chi connectivity index (χ1v) is 5.38. The van der Waals surface area contributed by atoms with Gasteiger partial charge in [0.2, 0.25) is 0 Å². The van der Waals surface area contributed by atoms with Crippen molar-refractivity contribution in [3.8, 4) is 5.75 Å². The fourth-order valence-corrected chi connectivity index (χ4v) is 1.84. The van der Waals surface area contributed by atoms with Gasteiger partial charge in [-0.05, 0) is 13.0 Å². The van der Waals surface area contributed by atoms with E-state index in [0.717, 1.165) is 22.6 Å². The maximum absolute atomic E-state index is 6.23. The third-order valence-electron chi connectivity index (χ3n) is 2.79. The van der Waals surface area contributed by atoms with E-state index in [2.05, 4.69) is 10.3 Å². The van der Waals surface area contributed by atoms with E-state index in [1.165, 1.54) is 0 Å². The molecule has 0 saturated heterocycles. The fourth-order valence-electron chi connectivity index (χ4n) is 1.84. The van der Waals surface area contributed by atoms with E-state index in [9.17, 15) is 0 Å². The first-order chi connectivity index (χ1) is 8.13. The number of nitrogens with zero attached hydrogens (tertiary/aromatic N) is 3. The molecule has 0 amide bonds. The Bertz CT molecular complexity index is 521. The van der Waals surface area contributed by atoms with Crippen molar-refractivity contribution in [3.05, 3.63) is 41.2 Å². The van der Waals surface area contributed by atoms with Crippen LogP contribution in [-0.4, -0.2) is 22.1 Å². The molecular weight excluding hydrogens is 216 g/mol. The van der Waals surface area contributed by atoms with E-state index in [-0.39, 0.29) is 6.04 Å². The van der Waals surface area contributed by atoms with Crippen molar-refractivity contribution in [1.82, 2.24) is 15.0 Å². The Labute approximate surface area is 100 Å². The third-order valence-corrected chi connectivity index (χ3v) is 2.79. The monoisotopic (exact) mass is 232 g/mol. The Kier molecular flexibility index (Phi) is 3.10. The van der Waals surface area contributed by atoms with Gasteiger partial charge in [0.1, 0.15) is 5.75 Å². The molecule has 1 aromatic heterocycles. The quantitative estimate of drug-likeness (QED) is 0.863. The van der Waals surface area contributed by atoms with Gasteiger partial charge in [-0.3, -0.25) is 4.68 Å². The lowest BCUT2D eigenvalue weighted by molar-refractivity contribution is 0.407. The maximum Gasteiger partial charge on any atom is 0.124 e. The highest BCUT2D eigenvalue weighted by molar-refractivity contribution is 5.41. The minimum Gasteiger partial charge on any atom is -0.496 e. The van der Waals surface area contributed by atoms with Gasteiger partial charge in [0.15, 0.2) is 0 Å². The Morgan fingerprint density at radius 1 is 1.41 bits per heavy atom. The normalized spacial score (nSPS) is 12.5. The zero-order chi connectivity index (χ0) is 12.4. The summed E-state index contributed by atoms with van der Waals surface area (Å²) >= 11 is 0. The van der Waals surface area contributed by atoms with Crippen molar-refractivity contribution >= 4 is 0 Å². The molecule has 0 saturated carbocycles. The lowest BCUT2D eigenvalue weighted by Gasteiger charge is -2.16. The fraction of sp³-hybridized carbons (Fsp3) is 0.333. The highest BCUT2D eigenvalue weighted by Gasteiger charge is 2.17. The largest absolute Gasteiger partial charge is 0.496 e. The van der Waals surface area contributed by atoms with Gasteiger partial charge in [-0.15, -0.1) is 5.10 Å². The number of hydrogen-bond acceptors (Lipinski definition) is 4. The van der Waals surface area contributed by atoms with Crippen molar-refractivity contribution < 1.29 is 4.74 Å². The van der Waals surface area contributed by atoms with Crippen molar-refractivity contribution in [2.45, 2.75) is 13.0 Å². The van der Waals surface area contributed by atoms with Gasteiger partial charge in [-0.25, -0.2) is 0 Å². The number of benzene rings is 1. The standard InChI is InChI=1S/C12H16N4O/c1-8-4-5-11(17-3)9(6-8)12(13)10-7-14-15-16(10)2/h4-7,12H,13H2,1-3H3. The van der Waals surface area contributed by atoms with Crippen molar-refractivity contribution in [2.24, 2.45) is 12.8 Å². The summed E-state index contributed by atoms with van der Waals surface area (Å²) in [5, 5.41) is 7.73. The molecule has 2 N–H and O–H groups in total. The van der Waals surface area contributed by atoms with E-state index in [1.807, 2.05) is 32.2 Å². The van der Waals surface area contributed by atoms with Crippen LogP contribution in [-0.2, 0) is 7.05 Å². The third kappa shape index (κ3) is 2.14. The summed E-state index contributed by atoms with van der Waals surface area (Å²) in [4.78, 5) is 0. The second kappa shape index (κ2) is 4.55. The van der Waals surface area contributed by atoms with E-state index in [0.29, 0.717) is 0 Å². The second-order valence-corrected chi connectivity index (χ2v) is 4.01. The molecule has 0 fully saturated rings. The highest BCUT2D eigenvalue weighted by atomic mass is 16.5. The molecule has 5 nitrogen and oxygen atoms in total. The Hall–Kier alpha value is -1.88. The Morgan fingerprint density at radius 3 is 2.76 bits per heavy atom. The van der Waals surface area contributed by atoms with Gasteiger partial charge >= 0.3 is 0 Å². The average Bonchev–Trinajstić information content (AvgIpc) is 2.74. The van der Waals surface area contributed by atoms with Crippen LogP contribution in [0.25, 0.3) is 0 Å². The van der Waals surface area contributed by atoms with Gasteiger partial charge in [0.25, 0.3) is 0 Å². The molecule has 0 aliphatic rings. The molecule has 2 rings (SSSR count). The van der Waals surface area contributed by atoms with Gasteiger partial charge < -0.3 is 10.5 Å². The van der Waals surface area contributed by atoms with E-state index in [4.69, 9.17) is 10.5 Å². The molecule has 1 aromatic carbocycles. The summed E-state index contributed by atoms with van der Waals surface area (Å²) in [6.45, 7) is 2.02. The van der Waals surface area contributed by atoms with Crippen LogP contribution >= 0.6 is 0 Å². The zero-order valence-corrected chi connectivity index (χ0v) is 10.2. The van der Waals surface area contributed by atoms with E-state index >= 15 is 0 Å². The summed E-state index contributed by atoms with van der Waals surface area (Å²) in [6.07, 6.45) is 1.67. The molecule has 0 aliphatic carbocycles. The van der Waals surface area contributed by atoms with Gasteiger partial charge in [0.05, 0.1) is 25.0 Å². The van der Waals surface area contributed by atoms with Crippen LogP contribution in [0.15, 0.2) is 24.4 Å². The number of nitrogens with two attached hydrogens (primary N) is 1. The van der Waals surface area contributed by atoms with E-state index < -0.39 is 0 Å². The summed E-state index contributed by atoms with van der Waals surface area (Å²) < 4.78 is 7.00. The Balaban J connectivity index is 2.46. The predicted octanol–water partition coefficient (Wildman–Crippen LogP) is 1.18. The van der Waals surface area contributed by atoms with Gasteiger partial charge in [-0.2, -0.15) is 0 Å². The molecule has 2 aromatic rings. The molecule has 0 spiro atoms. The number of hydrogen-bond donors (Lipinski definition) is 1. The first-order valence-electron chi connectivity index (χ1n) is 5.38. The average molecular weight is 232 g/mol. The number of methoxy groups -OCH3 is 1. The van der Waals surface area contributed by atoms with Crippen LogP contribution in [0.4, 0.5) is 0 Å². The van der Waals surface area contributed by atoms with Crippen LogP contribution < -0.4 is 10.5 Å². The summed E-state index contributed by atoms with van der Waals surface area (Å²) in [5.74, 6) is 0.782. The molecule has 17 heavy (non-hydrogen) atoms. The molecular formula is C12H16N4O. The number of aromatic nitrogens is 3. The van der Waals surface area contributed by atoms with Crippen molar-refractivity contribution in [2.75, 3.05) is 7.11 Å². The predicted molar refractivity (Wildman–Crippen MR) is 64.8 cm³/mol. The number of aryl methyl sites for hydroxylation is 2. The topological polar surface area (TPSA) is 66.0 Å². The van der Waals surface area contributed by atoms with Crippen molar-refractivity contribution in [1.29, 1.82) is 0 Å². The molecule has 90 valence electrons. The van der Waals surface area contributed by atoms with Crippen LogP contribution in [0.5, 0.6) is 5.75 Å². The smallest absolute Gasteiger partial charge is 0.124 e. The molecule has 0 bridgehead atoms. The first kappa shape index (κ1) is 11.6. The van der Waals surface area contributed by atoms with Crippen LogP contribution in [0.1, 0.15) is 22.9 Å². The molecule has 1 atom stereocenters. The Morgan fingerprint density at radius 2 is 2.18 bits per heavy atom. The van der Waals surface area contributed by atoms with E-state index in [1.54, 1.807) is 18.0 Å². The molecule has 0 aliphatic heterocycles. The molecule has 1 unspecified atom stereocenters. The minimum absolute atomic E-state index is 0.287.